The molecule has 3 N–H and O–H groups in total. The largest absolute Gasteiger partial charge is 0.473 e. The third kappa shape index (κ3) is 4.98. The van der Waals surface area contributed by atoms with E-state index in [1.54, 1.807) is 0 Å². The van der Waals surface area contributed by atoms with Gasteiger partial charge >= 0.3 is 0 Å². The molecule has 0 radical (unpaired) electrons. The van der Waals surface area contributed by atoms with Gasteiger partial charge in [-0.2, -0.15) is 0 Å². The second kappa shape index (κ2) is 8.00. The van der Waals surface area contributed by atoms with Gasteiger partial charge in [0.25, 0.3) is 5.17 Å². The number of thiocarbonyl (C=S) groups is 1. The lowest BCUT2D eigenvalue weighted by Gasteiger charge is -2.17. The zero-order valence-electron chi connectivity index (χ0n) is 12.9. The van der Waals surface area contributed by atoms with Crippen LogP contribution in [0.25, 0.3) is 0 Å². The van der Waals surface area contributed by atoms with Gasteiger partial charge in [0, 0.05) is 12.3 Å². The molecule has 0 spiro atoms. The summed E-state index contributed by atoms with van der Waals surface area (Å²) < 4.78 is 4.93. The molecule has 0 saturated carbocycles. The number of benzene rings is 1. The van der Waals surface area contributed by atoms with Gasteiger partial charge in [0.2, 0.25) is 5.91 Å². The van der Waals surface area contributed by atoms with Crippen LogP contribution in [-0.2, 0) is 22.4 Å². The molecule has 0 aliphatic carbocycles. The number of anilines is 2. The van der Waals surface area contributed by atoms with E-state index in [0.717, 1.165) is 24.2 Å². The number of thiazole rings is 1. The summed E-state index contributed by atoms with van der Waals surface area (Å²) in [7, 11) is 1.49. The summed E-state index contributed by atoms with van der Waals surface area (Å²) in [5.41, 5.74) is 2.89. The van der Waals surface area contributed by atoms with E-state index in [1.807, 2.05) is 29.6 Å². The molecular formula is C15H18N4O2S2. The number of aryl methyl sites for hydroxylation is 2. The molecular weight excluding hydrogens is 332 g/mol. The lowest BCUT2D eigenvalue weighted by molar-refractivity contribution is -0.114. The number of amides is 1. The summed E-state index contributed by atoms with van der Waals surface area (Å²) in [6.45, 7) is 1.47. The highest BCUT2D eigenvalue weighted by atomic mass is 32.1. The fourth-order valence-corrected chi connectivity index (χ4v) is 2.83. The molecule has 1 amide bonds. The monoisotopic (exact) mass is 350 g/mol. The zero-order valence-corrected chi connectivity index (χ0v) is 14.5. The molecule has 0 aliphatic rings. The van der Waals surface area contributed by atoms with Crippen LogP contribution in [0.3, 0.4) is 0 Å². The van der Waals surface area contributed by atoms with E-state index in [-0.39, 0.29) is 11.1 Å². The minimum absolute atomic E-state index is 0.109. The number of aromatic nitrogens is 1. The first-order valence-electron chi connectivity index (χ1n) is 6.93. The average Bonchev–Trinajstić information content (AvgIpc) is 2.98. The van der Waals surface area contributed by atoms with Crippen LogP contribution in [0.5, 0.6) is 0 Å². The maximum Gasteiger partial charge on any atom is 0.278 e. The van der Waals surface area contributed by atoms with E-state index in [2.05, 4.69) is 10.3 Å². The number of methoxy groups -OCH3 is 1. The molecule has 2 aromatic rings. The number of nitrogens with one attached hydrogen (secondary N) is 1. The summed E-state index contributed by atoms with van der Waals surface area (Å²) in [6, 6.07) is 7.78. The Morgan fingerprint density at radius 2 is 2.09 bits per heavy atom. The minimum atomic E-state index is -0.109. The van der Waals surface area contributed by atoms with Crippen molar-refractivity contribution in [3.05, 3.63) is 40.9 Å². The Morgan fingerprint density at radius 1 is 1.39 bits per heavy atom. The number of hydrogen-bond acceptors (Lipinski definition) is 6. The van der Waals surface area contributed by atoms with E-state index in [4.69, 9.17) is 22.8 Å². The lowest BCUT2D eigenvalue weighted by Crippen LogP contribution is -2.37. The van der Waals surface area contributed by atoms with Gasteiger partial charge < -0.3 is 10.1 Å². The summed E-state index contributed by atoms with van der Waals surface area (Å²) in [6.07, 6.45) is 1.65. The maximum absolute atomic E-state index is 11.0. The molecule has 1 aromatic heterocycles. The highest BCUT2D eigenvalue weighted by molar-refractivity contribution is 7.80. The van der Waals surface area contributed by atoms with E-state index in [0.29, 0.717) is 5.13 Å². The van der Waals surface area contributed by atoms with Gasteiger partial charge in [0.05, 0.1) is 18.5 Å². The van der Waals surface area contributed by atoms with Crippen molar-refractivity contribution in [2.45, 2.75) is 19.8 Å². The van der Waals surface area contributed by atoms with Crippen molar-refractivity contribution >= 4 is 45.5 Å². The predicted molar refractivity (Wildman–Crippen MR) is 96.5 cm³/mol. The van der Waals surface area contributed by atoms with E-state index < -0.39 is 0 Å². The standard InChI is InChI=1S/C15H18N4O2S2/c1-10(20)17-14-18-12(9-23-14)6-3-11-4-7-13(8-5-11)19(16)15(22)21-2/h4-5,7-9H,3,6,16H2,1-2H3,(H,17,18,20). The van der Waals surface area contributed by atoms with Crippen molar-refractivity contribution in [3.63, 3.8) is 0 Å². The number of carbonyl (C=O) groups excluding carboxylic acids is 1. The minimum Gasteiger partial charge on any atom is -0.473 e. The van der Waals surface area contributed by atoms with Gasteiger partial charge in [-0.15, -0.1) is 11.3 Å². The second-order valence-corrected chi connectivity index (χ2v) is 6.04. The van der Waals surface area contributed by atoms with E-state index in [9.17, 15) is 4.79 Å². The Morgan fingerprint density at radius 3 is 2.70 bits per heavy atom. The summed E-state index contributed by atoms with van der Waals surface area (Å²) in [4.78, 5) is 15.4. The fraction of sp³-hybridized carbons (Fsp3) is 0.267. The summed E-state index contributed by atoms with van der Waals surface area (Å²) in [5.74, 6) is 5.72. The Bertz CT molecular complexity index is 685. The van der Waals surface area contributed by atoms with Crippen molar-refractivity contribution in [2.24, 2.45) is 5.84 Å². The van der Waals surface area contributed by atoms with Crippen LogP contribution in [0.15, 0.2) is 29.6 Å². The van der Waals surface area contributed by atoms with Gasteiger partial charge in [0.15, 0.2) is 5.13 Å². The van der Waals surface area contributed by atoms with Gasteiger partial charge in [0.1, 0.15) is 0 Å². The quantitative estimate of drug-likeness (QED) is 0.490. The molecule has 0 atom stereocenters. The Hall–Kier alpha value is -2.03. The molecule has 8 heteroatoms. The molecule has 1 aromatic carbocycles. The van der Waals surface area contributed by atoms with Crippen molar-refractivity contribution < 1.29 is 9.53 Å². The van der Waals surface area contributed by atoms with Crippen LogP contribution in [-0.4, -0.2) is 23.2 Å². The predicted octanol–water partition coefficient (Wildman–Crippen LogP) is 2.50. The molecule has 0 fully saturated rings. The first-order valence-corrected chi connectivity index (χ1v) is 8.22. The Balaban J connectivity index is 1.92. The van der Waals surface area contributed by atoms with Crippen LogP contribution in [0.4, 0.5) is 10.8 Å². The molecule has 0 saturated heterocycles. The van der Waals surface area contributed by atoms with Crippen LogP contribution in [0.1, 0.15) is 18.2 Å². The van der Waals surface area contributed by atoms with E-state index in [1.165, 1.54) is 35.9 Å². The number of nitrogens with zero attached hydrogens (tertiary/aromatic N) is 2. The molecule has 0 bridgehead atoms. The van der Waals surface area contributed by atoms with Crippen LogP contribution in [0, 0.1) is 0 Å². The molecule has 122 valence electrons. The van der Waals surface area contributed by atoms with Crippen LogP contribution in [0.2, 0.25) is 0 Å². The molecule has 23 heavy (non-hydrogen) atoms. The topological polar surface area (TPSA) is 80.5 Å². The smallest absolute Gasteiger partial charge is 0.278 e. The van der Waals surface area contributed by atoms with Gasteiger partial charge in [-0.1, -0.05) is 12.1 Å². The second-order valence-electron chi connectivity index (χ2n) is 4.83. The first-order chi connectivity index (χ1) is 11.0. The molecule has 6 nitrogen and oxygen atoms in total. The van der Waals surface area contributed by atoms with Gasteiger partial charge in [-0.3, -0.25) is 4.79 Å². The van der Waals surface area contributed by atoms with Crippen LogP contribution >= 0.6 is 23.6 Å². The van der Waals surface area contributed by atoms with E-state index >= 15 is 0 Å². The Labute approximate surface area is 144 Å². The number of carbonyl (C=O) groups is 1. The molecule has 0 unspecified atom stereocenters. The average molecular weight is 350 g/mol. The summed E-state index contributed by atoms with van der Waals surface area (Å²) >= 11 is 6.41. The SMILES string of the molecule is COC(=S)N(N)c1ccc(CCc2csc(NC(C)=O)n2)cc1. The maximum atomic E-state index is 11.0. The highest BCUT2D eigenvalue weighted by Gasteiger charge is 2.08. The molecule has 1 heterocycles. The number of ether oxygens (including phenoxy) is 1. The van der Waals surface area contributed by atoms with Gasteiger partial charge in [-0.05, 0) is 42.8 Å². The Kier molecular flexibility index (Phi) is 6.03. The third-order valence-corrected chi connectivity index (χ3v) is 4.26. The van der Waals surface area contributed by atoms with Gasteiger partial charge in [-0.25, -0.2) is 15.8 Å². The van der Waals surface area contributed by atoms with Crippen LogP contribution < -0.4 is 16.2 Å². The number of rotatable bonds is 5. The van der Waals surface area contributed by atoms with Crippen molar-refractivity contribution in [1.29, 1.82) is 0 Å². The lowest BCUT2D eigenvalue weighted by atomic mass is 10.1. The highest BCUT2D eigenvalue weighted by Crippen LogP contribution is 2.18. The van der Waals surface area contributed by atoms with Crippen molar-refractivity contribution in [2.75, 3.05) is 17.4 Å². The number of hydrazine groups is 1. The summed E-state index contributed by atoms with van der Waals surface area (Å²) in [5, 5.41) is 6.81. The van der Waals surface area contributed by atoms with Crippen molar-refractivity contribution in [1.82, 2.24) is 4.98 Å². The number of hydrogen-bond donors (Lipinski definition) is 2. The first kappa shape index (κ1) is 17.3. The van der Waals surface area contributed by atoms with Crippen molar-refractivity contribution in [3.8, 4) is 0 Å². The normalized spacial score (nSPS) is 10.2. The number of nitrogens with two attached hydrogens (primary N) is 1. The molecule has 2 rings (SSSR count). The zero-order chi connectivity index (χ0) is 16.8. The fourth-order valence-electron chi connectivity index (χ4n) is 1.93. The third-order valence-electron chi connectivity index (χ3n) is 3.09. The molecule has 0 aliphatic heterocycles.